The Hall–Kier alpha value is -4.66. The minimum Gasteiger partial charge on any atom is -0.497 e. The molecule has 1 atom stereocenters. The van der Waals surface area contributed by atoms with Gasteiger partial charge in [-0.3, -0.25) is 9.78 Å². The van der Waals surface area contributed by atoms with Crippen molar-refractivity contribution in [2.24, 2.45) is 0 Å². The number of rotatable bonds is 6. The van der Waals surface area contributed by atoms with Gasteiger partial charge in [-0.15, -0.1) is 5.10 Å². The molecular weight excluding hydrogens is 444 g/mol. The van der Waals surface area contributed by atoms with Crippen LogP contribution in [0.1, 0.15) is 18.7 Å². The molecule has 176 valence electrons. The molecule has 0 bridgehead atoms. The molecule has 1 aliphatic heterocycles. The highest BCUT2D eigenvalue weighted by Gasteiger charge is 2.35. The number of carbonyl (C=O) groups excluding carboxylic acids is 1. The molecule has 9 heteroatoms. The van der Waals surface area contributed by atoms with Crippen LogP contribution >= 0.6 is 0 Å². The average Bonchev–Trinajstić information content (AvgIpc) is 3.32. The van der Waals surface area contributed by atoms with Crippen LogP contribution in [0.25, 0.3) is 11.4 Å². The Morgan fingerprint density at radius 2 is 1.77 bits per heavy atom. The van der Waals surface area contributed by atoms with Crippen molar-refractivity contribution in [3.63, 3.8) is 0 Å². The van der Waals surface area contributed by atoms with Crippen molar-refractivity contribution in [3.05, 3.63) is 89.9 Å². The molecule has 5 rings (SSSR count). The van der Waals surface area contributed by atoms with Crippen LogP contribution in [0.2, 0.25) is 0 Å². The molecular formula is C26H24N6O3. The number of carbonyl (C=O) groups is 1. The molecule has 35 heavy (non-hydrogen) atoms. The summed E-state index contributed by atoms with van der Waals surface area (Å²) >= 11 is 0. The number of nitrogens with zero attached hydrogens (tertiary/aromatic N) is 4. The summed E-state index contributed by atoms with van der Waals surface area (Å²) in [5.74, 6) is 2.07. The van der Waals surface area contributed by atoms with E-state index in [1.54, 1.807) is 37.2 Å². The van der Waals surface area contributed by atoms with E-state index >= 15 is 0 Å². The Bertz CT molecular complexity index is 1400. The number of hydrogen-bond acceptors (Lipinski definition) is 7. The Kier molecular flexibility index (Phi) is 5.88. The van der Waals surface area contributed by atoms with E-state index in [-0.39, 0.29) is 5.91 Å². The van der Waals surface area contributed by atoms with Crippen LogP contribution in [0, 0.1) is 0 Å². The standard InChI is InChI=1S/C26H24N6O3/c1-16-22(25(33)29-19-8-4-5-10-21(19)35-3)23(20-9-6-7-15-27-20)32-26(28-16)30-24(31-32)17-11-13-18(34-2)14-12-17/h4-15,23H,1-3H3,(H,29,33)(H,28,30,31)/t23-/m1/s1. The third kappa shape index (κ3) is 4.19. The van der Waals surface area contributed by atoms with Gasteiger partial charge >= 0.3 is 0 Å². The number of amides is 1. The fourth-order valence-electron chi connectivity index (χ4n) is 4.06. The van der Waals surface area contributed by atoms with Crippen LogP contribution in [-0.2, 0) is 4.79 Å². The number of aromatic nitrogens is 4. The smallest absolute Gasteiger partial charge is 0.256 e. The average molecular weight is 469 g/mol. The molecule has 0 saturated carbocycles. The predicted octanol–water partition coefficient (Wildman–Crippen LogP) is 4.28. The van der Waals surface area contributed by atoms with Gasteiger partial charge in [-0.05, 0) is 55.5 Å². The molecule has 2 aromatic heterocycles. The lowest BCUT2D eigenvalue weighted by Gasteiger charge is -2.28. The van der Waals surface area contributed by atoms with Crippen molar-refractivity contribution in [2.45, 2.75) is 13.0 Å². The zero-order chi connectivity index (χ0) is 24.4. The van der Waals surface area contributed by atoms with Crippen molar-refractivity contribution in [3.8, 4) is 22.9 Å². The Morgan fingerprint density at radius 1 is 1.00 bits per heavy atom. The molecule has 4 aromatic rings. The van der Waals surface area contributed by atoms with E-state index in [1.807, 2.05) is 61.5 Å². The van der Waals surface area contributed by atoms with E-state index in [4.69, 9.17) is 19.6 Å². The lowest BCUT2D eigenvalue weighted by Crippen LogP contribution is -2.32. The van der Waals surface area contributed by atoms with Gasteiger partial charge in [0, 0.05) is 17.5 Å². The Morgan fingerprint density at radius 3 is 2.49 bits per heavy atom. The molecule has 1 amide bonds. The number of anilines is 2. The lowest BCUT2D eigenvalue weighted by molar-refractivity contribution is -0.113. The summed E-state index contributed by atoms with van der Waals surface area (Å²) in [4.78, 5) is 22.9. The van der Waals surface area contributed by atoms with Gasteiger partial charge in [0.15, 0.2) is 5.82 Å². The third-order valence-electron chi connectivity index (χ3n) is 5.77. The first-order valence-corrected chi connectivity index (χ1v) is 11.0. The fraction of sp³-hybridized carbons (Fsp3) is 0.154. The number of fused-ring (bicyclic) bond motifs is 1. The van der Waals surface area contributed by atoms with Gasteiger partial charge in [-0.25, -0.2) is 4.68 Å². The number of nitrogens with one attached hydrogen (secondary N) is 2. The molecule has 0 aliphatic carbocycles. The van der Waals surface area contributed by atoms with E-state index in [9.17, 15) is 4.79 Å². The number of allylic oxidation sites excluding steroid dienone is 1. The highest BCUT2D eigenvalue weighted by molar-refractivity contribution is 6.06. The van der Waals surface area contributed by atoms with Crippen molar-refractivity contribution in [2.75, 3.05) is 24.9 Å². The number of ether oxygens (including phenoxy) is 2. The number of pyridine rings is 1. The van der Waals surface area contributed by atoms with E-state index < -0.39 is 6.04 Å². The van der Waals surface area contributed by atoms with Crippen molar-refractivity contribution in [1.29, 1.82) is 0 Å². The minimum absolute atomic E-state index is 0.290. The Balaban J connectivity index is 1.57. The molecule has 0 fully saturated rings. The van der Waals surface area contributed by atoms with Gasteiger partial charge in [0.25, 0.3) is 5.91 Å². The molecule has 0 radical (unpaired) electrons. The summed E-state index contributed by atoms with van der Waals surface area (Å²) in [5.41, 5.74) is 3.21. The first kappa shape index (κ1) is 22.1. The summed E-state index contributed by atoms with van der Waals surface area (Å²) in [5, 5.41) is 11.0. The Labute approximate surface area is 202 Å². The number of benzene rings is 2. The quantitative estimate of drug-likeness (QED) is 0.435. The van der Waals surface area contributed by atoms with Crippen LogP contribution < -0.4 is 20.1 Å². The number of hydrogen-bond donors (Lipinski definition) is 2. The summed E-state index contributed by atoms with van der Waals surface area (Å²) in [7, 11) is 3.19. The molecule has 9 nitrogen and oxygen atoms in total. The molecule has 2 N–H and O–H groups in total. The van der Waals surface area contributed by atoms with Gasteiger partial charge in [0.05, 0.1) is 31.2 Å². The largest absolute Gasteiger partial charge is 0.497 e. The van der Waals surface area contributed by atoms with Crippen LogP contribution in [-0.4, -0.2) is 39.9 Å². The molecule has 0 unspecified atom stereocenters. The maximum Gasteiger partial charge on any atom is 0.256 e. The van der Waals surface area contributed by atoms with Crippen molar-refractivity contribution >= 4 is 17.5 Å². The summed E-state index contributed by atoms with van der Waals surface area (Å²) in [6, 6.07) is 19.8. The molecule has 0 spiro atoms. The normalized spacial score (nSPS) is 14.7. The second-order valence-corrected chi connectivity index (χ2v) is 7.91. The maximum absolute atomic E-state index is 13.6. The zero-order valence-corrected chi connectivity index (χ0v) is 19.5. The van der Waals surface area contributed by atoms with E-state index in [0.717, 1.165) is 11.3 Å². The second kappa shape index (κ2) is 9.30. The number of methoxy groups -OCH3 is 2. The molecule has 3 heterocycles. The zero-order valence-electron chi connectivity index (χ0n) is 19.5. The fourth-order valence-corrected chi connectivity index (χ4v) is 4.06. The topological polar surface area (TPSA) is 103 Å². The third-order valence-corrected chi connectivity index (χ3v) is 5.77. The van der Waals surface area contributed by atoms with Crippen LogP contribution in [0.5, 0.6) is 11.5 Å². The van der Waals surface area contributed by atoms with Crippen molar-refractivity contribution in [1.82, 2.24) is 19.7 Å². The van der Waals surface area contributed by atoms with Crippen LogP contribution in [0.15, 0.2) is 84.2 Å². The monoisotopic (exact) mass is 468 g/mol. The molecule has 1 aliphatic rings. The highest BCUT2D eigenvalue weighted by atomic mass is 16.5. The molecule has 2 aromatic carbocycles. The molecule has 0 saturated heterocycles. The highest BCUT2D eigenvalue weighted by Crippen LogP contribution is 2.36. The van der Waals surface area contributed by atoms with E-state index in [2.05, 4.69) is 15.6 Å². The van der Waals surface area contributed by atoms with Gasteiger partial charge in [-0.2, -0.15) is 4.98 Å². The predicted molar refractivity (Wildman–Crippen MR) is 132 cm³/mol. The van der Waals surface area contributed by atoms with E-state index in [0.29, 0.717) is 40.2 Å². The van der Waals surface area contributed by atoms with E-state index in [1.165, 1.54) is 0 Å². The van der Waals surface area contributed by atoms with Gasteiger partial charge in [0.1, 0.15) is 17.5 Å². The van der Waals surface area contributed by atoms with Gasteiger partial charge in [-0.1, -0.05) is 18.2 Å². The van der Waals surface area contributed by atoms with Gasteiger partial charge < -0.3 is 20.1 Å². The summed E-state index contributed by atoms with van der Waals surface area (Å²) in [6.45, 7) is 1.85. The second-order valence-electron chi connectivity index (χ2n) is 7.91. The maximum atomic E-state index is 13.6. The first-order chi connectivity index (χ1) is 17.1. The SMILES string of the molecule is COc1ccc(-c2nc3n(n2)[C@H](c2ccccn2)C(C(=O)Nc2ccccc2OC)=C(C)N3)cc1. The van der Waals surface area contributed by atoms with Gasteiger partial charge in [0.2, 0.25) is 5.95 Å². The summed E-state index contributed by atoms with van der Waals surface area (Å²) < 4.78 is 12.4. The minimum atomic E-state index is -0.582. The first-order valence-electron chi connectivity index (χ1n) is 11.0. The van der Waals surface area contributed by atoms with Crippen molar-refractivity contribution < 1.29 is 14.3 Å². The van der Waals surface area contributed by atoms with Crippen LogP contribution in [0.4, 0.5) is 11.6 Å². The summed E-state index contributed by atoms with van der Waals surface area (Å²) in [6.07, 6.45) is 1.70. The lowest BCUT2D eigenvalue weighted by atomic mass is 9.98. The van der Waals surface area contributed by atoms with Crippen LogP contribution in [0.3, 0.4) is 0 Å². The number of para-hydroxylation sites is 2.